The molecular formula is C10H16N2O3S2. The highest BCUT2D eigenvalue weighted by atomic mass is 32.2. The quantitative estimate of drug-likeness (QED) is 0.871. The van der Waals surface area contributed by atoms with E-state index < -0.39 is 10.0 Å². The fourth-order valence-corrected chi connectivity index (χ4v) is 4.83. The first-order valence-corrected chi connectivity index (χ1v) is 7.90. The fraction of sp³-hybridized carbons (Fsp3) is 0.700. The number of thiazole rings is 1. The largest absolute Gasteiger partial charge is 0.315 e. The van der Waals surface area contributed by atoms with Crippen molar-refractivity contribution in [2.75, 3.05) is 0 Å². The van der Waals surface area contributed by atoms with Crippen LogP contribution < -0.4 is 9.60 Å². The summed E-state index contributed by atoms with van der Waals surface area (Å²) >= 11 is 0.744. The first kappa shape index (κ1) is 12.8. The molecule has 1 aromatic rings. The van der Waals surface area contributed by atoms with Gasteiger partial charge in [0, 0.05) is 11.7 Å². The minimum absolute atomic E-state index is 0.00611. The second-order valence-electron chi connectivity index (χ2n) is 4.66. The number of aromatic nitrogens is 1. The van der Waals surface area contributed by atoms with Gasteiger partial charge in [-0.25, -0.2) is 13.1 Å². The number of sulfonamides is 1. The molecule has 1 aromatic heterocycles. The summed E-state index contributed by atoms with van der Waals surface area (Å²) in [5, 5.41) is 0. The summed E-state index contributed by atoms with van der Waals surface area (Å²) in [5.41, 5.74) is 0.415. The third-order valence-electron chi connectivity index (χ3n) is 3.04. The fourth-order valence-electron chi connectivity index (χ4n) is 2.23. The van der Waals surface area contributed by atoms with Crippen LogP contribution in [0.2, 0.25) is 0 Å². The van der Waals surface area contributed by atoms with Crippen molar-refractivity contribution in [1.29, 1.82) is 0 Å². The summed E-state index contributed by atoms with van der Waals surface area (Å²) in [6.07, 6.45) is 2.80. The third kappa shape index (κ3) is 2.78. The Morgan fingerprint density at radius 2 is 2.12 bits per heavy atom. The van der Waals surface area contributed by atoms with Crippen molar-refractivity contribution in [3.05, 3.63) is 15.4 Å². The lowest BCUT2D eigenvalue weighted by Crippen LogP contribution is -2.32. The van der Waals surface area contributed by atoms with E-state index in [0.29, 0.717) is 11.6 Å². The molecule has 96 valence electrons. The van der Waals surface area contributed by atoms with E-state index in [-0.39, 0.29) is 15.1 Å². The van der Waals surface area contributed by atoms with E-state index in [9.17, 15) is 13.2 Å². The van der Waals surface area contributed by atoms with E-state index >= 15 is 0 Å². The van der Waals surface area contributed by atoms with E-state index in [4.69, 9.17) is 0 Å². The highest BCUT2D eigenvalue weighted by Gasteiger charge is 2.28. The Morgan fingerprint density at radius 3 is 2.59 bits per heavy atom. The molecule has 1 saturated carbocycles. The number of H-pyrrole nitrogens is 1. The van der Waals surface area contributed by atoms with E-state index in [1.54, 1.807) is 6.92 Å². The van der Waals surface area contributed by atoms with Gasteiger partial charge in [-0.2, -0.15) is 0 Å². The van der Waals surface area contributed by atoms with Crippen molar-refractivity contribution in [3.63, 3.8) is 0 Å². The van der Waals surface area contributed by atoms with Crippen molar-refractivity contribution in [2.45, 2.75) is 43.4 Å². The van der Waals surface area contributed by atoms with Gasteiger partial charge in [-0.3, -0.25) is 4.79 Å². The first-order chi connectivity index (χ1) is 7.88. The molecule has 0 radical (unpaired) electrons. The minimum Gasteiger partial charge on any atom is -0.315 e. The molecule has 2 unspecified atom stereocenters. The van der Waals surface area contributed by atoms with Gasteiger partial charge in [0.25, 0.3) is 10.0 Å². The summed E-state index contributed by atoms with van der Waals surface area (Å²) in [6, 6.07) is 0.00611. The lowest BCUT2D eigenvalue weighted by molar-refractivity contribution is 0.539. The molecule has 17 heavy (non-hydrogen) atoms. The number of hydrogen-bond acceptors (Lipinski definition) is 4. The van der Waals surface area contributed by atoms with Crippen LogP contribution in [0.4, 0.5) is 0 Å². The van der Waals surface area contributed by atoms with E-state index in [1.165, 1.54) is 0 Å². The molecule has 2 N–H and O–H groups in total. The molecule has 0 bridgehead atoms. The maximum absolute atomic E-state index is 12.1. The lowest BCUT2D eigenvalue weighted by atomic mass is 10.1. The Bertz CT molecular complexity index is 558. The average Bonchev–Trinajstić information content (AvgIpc) is 2.72. The summed E-state index contributed by atoms with van der Waals surface area (Å²) in [4.78, 5) is 13.3. The van der Waals surface area contributed by atoms with Gasteiger partial charge in [-0.15, -0.1) is 0 Å². The molecule has 0 spiro atoms. The molecular weight excluding hydrogens is 260 g/mol. The third-order valence-corrected chi connectivity index (χ3v) is 6.17. The van der Waals surface area contributed by atoms with Crippen LogP contribution in [0, 0.1) is 12.8 Å². The smallest absolute Gasteiger partial charge is 0.305 e. The average molecular weight is 276 g/mol. The number of aryl methyl sites for hydroxylation is 1. The SMILES string of the molecule is Cc1[nH]c(=O)sc1S(=O)(=O)NC1CCC(C)C1. The van der Waals surface area contributed by atoms with Crippen LogP contribution in [-0.4, -0.2) is 19.4 Å². The first-order valence-electron chi connectivity index (χ1n) is 5.60. The molecule has 0 amide bonds. The van der Waals surface area contributed by atoms with Crippen LogP contribution in [0.25, 0.3) is 0 Å². The molecule has 5 nitrogen and oxygen atoms in total. The predicted molar refractivity (Wildman–Crippen MR) is 66.8 cm³/mol. The topological polar surface area (TPSA) is 79.0 Å². The van der Waals surface area contributed by atoms with Crippen LogP contribution in [0.3, 0.4) is 0 Å². The Morgan fingerprint density at radius 1 is 1.41 bits per heavy atom. The summed E-state index contributed by atoms with van der Waals surface area (Å²) < 4.78 is 26.9. The van der Waals surface area contributed by atoms with Crippen LogP contribution >= 0.6 is 11.3 Å². The van der Waals surface area contributed by atoms with Crippen molar-refractivity contribution >= 4 is 21.4 Å². The maximum Gasteiger partial charge on any atom is 0.305 e. The van der Waals surface area contributed by atoms with Crippen LogP contribution in [0.5, 0.6) is 0 Å². The molecule has 2 rings (SSSR count). The molecule has 0 saturated heterocycles. The minimum atomic E-state index is -3.54. The Balaban J connectivity index is 2.20. The number of nitrogens with one attached hydrogen (secondary N) is 2. The summed E-state index contributed by atoms with van der Waals surface area (Å²) in [5.74, 6) is 0.564. The van der Waals surface area contributed by atoms with E-state index in [1.807, 2.05) is 0 Å². The molecule has 1 heterocycles. The van der Waals surface area contributed by atoms with Gasteiger partial charge in [-0.1, -0.05) is 18.3 Å². The van der Waals surface area contributed by atoms with Crippen molar-refractivity contribution in [2.24, 2.45) is 5.92 Å². The normalized spacial score (nSPS) is 25.3. The second-order valence-corrected chi connectivity index (χ2v) is 7.56. The Hall–Kier alpha value is -0.660. The second kappa shape index (κ2) is 4.55. The van der Waals surface area contributed by atoms with Crippen LogP contribution in [0.15, 0.2) is 9.00 Å². The highest BCUT2D eigenvalue weighted by Crippen LogP contribution is 2.26. The zero-order chi connectivity index (χ0) is 12.6. The highest BCUT2D eigenvalue weighted by molar-refractivity contribution is 7.91. The van der Waals surface area contributed by atoms with Crippen molar-refractivity contribution in [1.82, 2.24) is 9.71 Å². The summed E-state index contributed by atoms with van der Waals surface area (Å²) in [7, 11) is -3.54. The molecule has 0 aliphatic heterocycles. The zero-order valence-electron chi connectivity index (χ0n) is 9.82. The monoisotopic (exact) mass is 276 g/mol. The van der Waals surface area contributed by atoms with Crippen molar-refractivity contribution in [3.8, 4) is 0 Å². The number of aromatic amines is 1. The molecule has 7 heteroatoms. The van der Waals surface area contributed by atoms with E-state index in [0.717, 1.165) is 30.6 Å². The van der Waals surface area contributed by atoms with E-state index in [2.05, 4.69) is 16.6 Å². The van der Waals surface area contributed by atoms with Gasteiger partial charge in [0.05, 0.1) is 0 Å². The molecule has 1 aliphatic rings. The van der Waals surface area contributed by atoms with Gasteiger partial charge in [-0.05, 0) is 32.1 Å². The maximum atomic E-state index is 12.1. The predicted octanol–water partition coefficient (Wildman–Crippen LogP) is 1.21. The molecule has 0 aromatic carbocycles. The lowest BCUT2D eigenvalue weighted by Gasteiger charge is -2.11. The van der Waals surface area contributed by atoms with Crippen LogP contribution in [-0.2, 0) is 10.0 Å². The Labute approximate surface area is 104 Å². The van der Waals surface area contributed by atoms with Gasteiger partial charge < -0.3 is 4.98 Å². The summed E-state index contributed by atoms with van der Waals surface area (Å²) in [6.45, 7) is 3.72. The molecule has 2 atom stereocenters. The molecule has 1 fully saturated rings. The van der Waals surface area contributed by atoms with Crippen LogP contribution in [0.1, 0.15) is 31.9 Å². The molecule has 1 aliphatic carbocycles. The van der Waals surface area contributed by atoms with Gasteiger partial charge in [0.1, 0.15) is 0 Å². The standard InChI is InChI=1S/C10H16N2O3S2/c1-6-3-4-8(5-6)12-17(14,15)9-7(2)11-10(13)16-9/h6,8,12H,3-5H2,1-2H3,(H,11,13). The van der Waals surface area contributed by atoms with Gasteiger partial charge >= 0.3 is 4.87 Å². The number of rotatable bonds is 3. The Kier molecular flexibility index (Phi) is 3.42. The van der Waals surface area contributed by atoms with Gasteiger partial charge in [0.15, 0.2) is 4.21 Å². The van der Waals surface area contributed by atoms with Gasteiger partial charge in [0.2, 0.25) is 0 Å². The number of hydrogen-bond donors (Lipinski definition) is 2. The zero-order valence-corrected chi connectivity index (χ0v) is 11.5. The van der Waals surface area contributed by atoms with Crippen molar-refractivity contribution < 1.29 is 8.42 Å².